The quantitative estimate of drug-likeness (QED) is 0.837. The fourth-order valence-electron chi connectivity index (χ4n) is 2.58. The number of nitrogens with zero attached hydrogens (tertiary/aromatic N) is 2. The number of likely N-dealkylation sites (N-methyl/N-ethyl adjacent to an activating group) is 1. The Morgan fingerprint density at radius 1 is 1.29 bits per heavy atom. The standard InChI is InChI=1S/C14H23N3/c1-11-4-5-14(12(2)8-11)17-7-6-16(3)13(9-15)10-17/h4-5,8,13H,6-7,9-10,15H2,1-3H3. The fourth-order valence-corrected chi connectivity index (χ4v) is 2.58. The van der Waals surface area contributed by atoms with Crippen LogP contribution in [-0.4, -0.2) is 44.2 Å². The molecule has 0 amide bonds. The second-order valence-corrected chi connectivity index (χ2v) is 5.11. The Morgan fingerprint density at radius 3 is 2.71 bits per heavy atom. The van der Waals surface area contributed by atoms with Crippen molar-refractivity contribution in [3.05, 3.63) is 29.3 Å². The Balaban J connectivity index is 2.17. The van der Waals surface area contributed by atoms with Gasteiger partial charge in [-0.2, -0.15) is 0 Å². The molecule has 3 nitrogen and oxygen atoms in total. The van der Waals surface area contributed by atoms with Crippen molar-refractivity contribution in [1.82, 2.24) is 4.90 Å². The van der Waals surface area contributed by atoms with Crippen LogP contribution >= 0.6 is 0 Å². The normalized spacial score (nSPS) is 21.9. The smallest absolute Gasteiger partial charge is 0.0397 e. The van der Waals surface area contributed by atoms with E-state index in [1.165, 1.54) is 16.8 Å². The fraction of sp³-hybridized carbons (Fsp3) is 0.571. The van der Waals surface area contributed by atoms with Crippen molar-refractivity contribution in [2.24, 2.45) is 5.73 Å². The van der Waals surface area contributed by atoms with Crippen LogP contribution in [0.15, 0.2) is 18.2 Å². The van der Waals surface area contributed by atoms with E-state index < -0.39 is 0 Å². The molecule has 1 aliphatic rings. The molecule has 1 aromatic rings. The Bertz CT molecular complexity index is 389. The summed E-state index contributed by atoms with van der Waals surface area (Å²) in [6, 6.07) is 7.16. The lowest BCUT2D eigenvalue weighted by Gasteiger charge is -2.40. The van der Waals surface area contributed by atoms with Gasteiger partial charge in [0.05, 0.1) is 0 Å². The van der Waals surface area contributed by atoms with Crippen molar-refractivity contribution in [3.63, 3.8) is 0 Å². The molecule has 2 N–H and O–H groups in total. The van der Waals surface area contributed by atoms with E-state index in [1.54, 1.807) is 0 Å². The van der Waals surface area contributed by atoms with E-state index in [0.29, 0.717) is 6.04 Å². The van der Waals surface area contributed by atoms with Crippen LogP contribution in [0.2, 0.25) is 0 Å². The van der Waals surface area contributed by atoms with Gasteiger partial charge < -0.3 is 10.6 Å². The van der Waals surface area contributed by atoms with Crippen molar-refractivity contribution in [2.45, 2.75) is 19.9 Å². The monoisotopic (exact) mass is 233 g/mol. The highest BCUT2D eigenvalue weighted by Crippen LogP contribution is 2.23. The molecule has 1 aliphatic heterocycles. The number of nitrogens with two attached hydrogens (primary N) is 1. The van der Waals surface area contributed by atoms with Crippen LogP contribution < -0.4 is 10.6 Å². The average Bonchev–Trinajstić information content (AvgIpc) is 2.30. The summed E-state index contributed by atoms with van der Waals surface area (Å²) in [5, 5.41) is 0. The molecule has 2 rings (SSSR count). The minimum absolute atomic E-state index is 0.476. The highest BCUT2D eigenvalue weighted by Gasteiger charge is 2.23. The highest BCUT2D eigenvalue weighted by atomic mass is 15.3. The first-order valence-corrected chi connectivity index (χ1v) is 6.34. The van der Waals surface area contributed by atoms with Crippen molar-refractivity contribution in [2.75, 3.05) is 38.1 Å². The summed E-state index contributed by atoms with van der Waals surface area (Å²) in [5.74, 6) is 0. The van der Waals surface area contributed by atoms with Gasteiger partial charge in [-0.25, -0.2) is 0 Å². The molecule has 1 aromatic carbocycles. The highest BCUT2D eigenvalue weighted by molar-refractivity contribution is 5.54. The zero-order valence-electron chi connectivity index (χ0n) is 11.1. The second kappa shape index (κ2) is 5.07. The summed E-state index contributed by atoms with van der Waals surface area (Å²) >= 11 is 0. The topological polar surface area (TPSA) is 32.5 Å². The summed E-state index contributed by atoms with van der Waals surface area (Å²) in [7, 11) is 2.16. The predicted octanol–water partition coefficient (Wildman–Crippen LogP) is 1.38. The van der Waals surface area contributed by atoms with Gasteiger partial charge in [0.1, 0.15) is 0 Å². The van der Waals surface area contributed by atoms with E-state index in [9.17, 15) is 0 Å². The maximum absolute atomic E-state index is 5.83. The van der Waals surface area contributed by atoms with Gasteiger partial charge in [0.15, 0.2) is 0 Å². The van der Waals surface area contributed by atoms with Gasteiger partial charge in [-0.15, -0.1) is 0 Å². The molecule has 94 valence electrons. The molecule has 0 aromatic heterocycles. The van der Waals surface area contributed by atoms with Crippen LogP contribution in [0.1, 0.15) is 11.1 Å². The van der Waals surface area contributed by atoms with E-state index in [2.05, 4.69) is 48.9 Å². The zero-order valence-corrected chi connectivity index (χ0v) is 11.1. The minimum atomic E-state index is 0.476. The van der Waals surface area contributed by atoms with Gasteiger partial charge in [-0.3, -0.25) is 4.90 Å². The van der Waals surface area contributed by atoms with Gasteiger partial charge in [0.25, 0.3) is 0 Å². The molecule has 17 heavy (non-hydrogen) atoms. The third kappa shape index (κ3) is 2.61. The number of hydrogen-bond donors (Lipinski definition) is 1. The molecule has 3 heteroatoms. The molecule has 0 bridgehead atoms. The minimum Gasteiger partial charge on any atom is -0.368 e. The number of hydrogen-bond acceptors (Lipinski definition) is 3. The van der Waals surface area contributed by atoms with Crippen molar-refractivity contribution in [1.29, 1.82) is 0 Å². The number of rotatable bonds is 2. The lowest BCUT2D eigenvalue weighted by atomic mass is 10.1. The molecule has 1 unspecified atom stereocenters. The van der Waals surface area contributed by atoms with Crippen LogP contribution in [0.5, 0.6) is 0 Å². The molecule has 0 saturated carbocycles. The summed E-state index contributed by atoms with van der Waals surface area (Å²) in [5.41, 5.74) is 9.89. The molecule has 1 saturated heterocycles. The van der Waals surface area contributed by atoms with Gasteiger partial charge in [-0.05, 0) is 32.5 Å². The first-order chi connectivity index (χ1) is 8.11. The number of piperazine rings is 1. The van der Waals surface area contributed by atoms with E-state index in [1.807, 2.05) is 0 Å². The van der Waals surface area contributed by atoms with Crippen LogP contribution in [0.3, 0.4) is 0 Å². The van der Waals surface area contributed by atoms with Crippen molar-refractivity contribution in [3.8, 4) is 0 Å². The Morgan fingerprint density at radius 2 is 2.06 bits per heavy atom. The van der Waals surface area contributed by atoms with Crippen LogP contribution in [0, 0.1) is 13.8 Å². The Labute approximate surface area is 104 Å². The van der Waals surface area contributed by atoms with Crippen molar-refractivity contribution >= 4 is 5.69 Å². The molecule has 0 radical (unpaired) electrons. The maximum Gasteiger partial charge on any atom is 0.0397 e. The third-order valence-electron chi connectivity index (χ3n) is 3.74. The lowest BCUT2D eigenvalue weighted by Crippen LogP contribution is -2.54. The van der Waals surface area contributed by atoms with Gasteiger partial charge in [-0.1, -0.05) is 17.7 Å². The SMILES string of the molecule is Cc1ccc(N2CCN(C)C(CN)C2)c(C)c1. The zero-order chi connectivity index (χ0) is 12.4. The van der Waals surface area contributed by atoms with E-state index >= 15 is 0 Å². The molecule has 1 fully saturated rings. The van der Waals surface area contributed by atoms with Gasteiger partial charge in [0.2, 0.25) is 0 Å². The molecular formula is C14H23N3. The van der Waals surface area contributed by atoms with Crippen LogP contribution in [0.25, 0.3) is 0 Å². The van der Waals surface area contributed by atoms with Crippen LogP contribution in [0.4, 0.5) is 5.69 Å². The molecular weight excluding hydrogens is 210 g/mol. The first kappa shape index (κ1) is 12.4. The summed E-state index contributed by atoms with van der Waals surface area (Å²) in [4.78, 5) is 4.83. The summed E-state index contributed by atoms with van der Waals surface area (Å²) < 4.78 is 0. The average molecular weight is 233 g/mol. The maximum atomic E-state index is 5.83. The van der Waals surface area contributed by atoms with E-state index in [0.717, 1.165) is 26.2 Å². The second-order valence-electron chi connectivity index (χ2n) is 5.11. The third-order valence-corrected chi connectivity index (χ3v) is 3.74. The molecule has 0 aliphatic carbocycles. The first-order valence-electron chi connectivity index (χ1n) is 6.34. The van der Waals surface area contributed by atoms with Gasteiger partial charge in [0, 0.05) is 37.9 Å². The Kier molecular flexibility index (Phi) is 3.69. The summed E-state index contributed by atoms with van der Waals surface area (Å²) in [6.45, 7) is 8.29. The largest absolute Gasteiger partial charge is 0.368 e. The molecule has 0 spiro atoms. The molecule has 1 atom stereocenters. The lowest BCUT2D eigenvalue weighted by molar-refractivity contribution is 0.224. The van der Waals surface area contributed by atoms with Gasteiger partial charge >= 0.3 is 0 Å². The number of aryl methyl sites for hydroxylation is 2. The number of anilines is 1. The van der Waals surface area contributed by atoms with E-state index in [-0.39, 0.29) is 0 Å². The molecule has 1 heterocycles. The van der Waals surface area contributed by atoms with Crippen molar-refractivity contribution < 1.29 is 0 Å². The van der Waals surface area contributed by atoms with E-state index in [4.69, 9.17) is 5.73 Å². The number of benzene rings is 1. The Hall–Kier alpha value is -1.06. The summed E-state index contributed by atoms with van der Waals surface area (Å²) in [6.07, 6.45) is 0. The predicted molar refractivity (Wildman–Crippen MR) is 73.6 cm³/mol. The van der Waals surface area contributed by atoms with Crippen LogP contribution in [-0.2, 0) is 0 Å².